The van der Waals surface area contributed by atoms with E-state index < -0.39 is 22.8 Å². The predicted octanol–water partition coefficient (Wildman–Crippen LogP) is 4.35. The van der Waals surface area contributed by atoms with Crippen LogP contribution in [0.25, 0.3) is 11.0 Å². The van der Waals surface area contributed by atoms with Crippen LogP contribution < -0.4 is 30.4 Å². The van der Waals surface area contributed by atoms with Gasteiger partial charge in [0.1, 0.15) is 22.1 Å². The van der Waals surface area contributed by atoms with Gasteiger partial charge in [-0.1, -0.05) is 12.8 Å². The second kappa shape index (κ2) is 13.2. The number of nitrogens with two attached hydrogens (primary N) is 1. The molecule has 0 bridgehead atoms. The number of fused-ring (bicyclic) bond motifs is 1. The Morgan fingerprint density at radius 2 is 1.52 bits per heavy atom. The molecule has 16 heteroatoms. The maximum Gasteiger partial charge on any atom is 0.422 e. The number of rotatable bonds is 14. The molecule has 12 nitrogen and oxygen atoms in total. The van der Waals surface area contributed by atoms with E-state index in [-0.39, 0.29) is 39.3 Å². The Labute approximate surface area is 252 Å². The minimum absolute atomic E-state index is 0.0149. The first-order valence-corrected chi connectivity index (χ1v) is 15.2. The molecule has 3 N–H and O–H groups in total. The quantitative estimate of drug-likeness (QED) is 0.194. The molecule has 0 spiro atoms. The third kappa shape index (κ3) is 7.66. The van der Waals surface area contributed by atoms with Crippen molar-refractivity contribution in [3.05, 3.63) is 52.7 Å². The molecule has 0 radical (unpaired) electrons. The van der Waals surface area contributed by atoms with Gasteiger partial charge in [0.2, 0.25) is 0 Å². The summed E-state index contributed by atoms with van der Waals surface area (Å²) >= 11 is 0. The molecule has 0 saturated carbocycles. The minimum atomic E-state index is -4.58. The predicted molar refractivity (Wildman–Crippen MR) is 158 cm³/mol. The molecule has 0 fully saturated rings. The van der Waals surface area contributed by atoms with Crippen molar-refractivity contribution < 1.29 is 35.8 Å². The first-order valence-electron chi connectivity index (χ1n) is 13.8. The van der Waals surface area contributed by atoms with Gasteiger partial charge in [-0.15, -0.1) is 0 Å². The number of sulfonamides is 1. The van der Waals surface area contributed by atoms with Crippen LogP contribution in [0.15, 0.2) is 46.2 Å². The highest BCUT2D eigenvalue weighted by Crippen LogP contribution is 2.38. The first-order chi connectivity index (χ1) is 20.7. The number of hydrogen-bond donors (Lipinski definition) is 2. The lowest BCUT2D eigenvalue weighted by Crippen LogP contribution is -2.19. The molecule has 0 aliphatic rings. The second-order valence-corrected chi connectivity index (χ2v) is 11.9. The van der Waals surface area contributed by atoms with Crippen molar-refractivity contribution in [1.82, 2.24) is 18.9 Å². The van der Waals surface area contributed by atoms with E-state index in [2.05, 4.69) is 9.82 Å². The number of nitrogens with zero attached hydrogens (tertiary/aromatic N) is 4. The maximum atomic E-state index is 13.4. The topological polar surface area (TPSA) is 145 Å². The maximum absolute atomic E-state index is 13.4. The van der Waals surface area contributed by atoms with Gasteiger partial charge in [-0.2, -0.15) is 18.3 Å². The van der Waals surface area contributed by atoms with Crippen LogP contribution in [0.1, 0.15) is 31.4 Å². The molecule has 2 heterocycles. The molecular weight excluding hydrogens is 605 g/mol. The van der Waals surface area contributed by atoms with Gasteiger partial charge in [0.15, 0.2) is 12.4 Å². The summed E-state index contributed by atoms with van der Waals surface area (Å²) in [6, 6.07) is 6.91. The molecule has 2 aromatic heterocycles. The van der Waals surface area contributed by atoms with Crippen LogP contribution in [0.5, 0.6) is 23.0 Å². The molecule has 2 aromatic carbocycles. The molecular formula is C28H35F3N6O6S. The van der Waals surface area contributed by atoms with Crippen molar-refractivity contribution in [2.45, 2.75) is 43.7 Å². The first kappa shape index (κ1) is 32.7. The van der Waals surface area contributed by atoms with Crippen molar-refractivity contribution in [1.29, 1.82) is 0 Å². The Morgan fingerprint density at radius 1 is 0.909 bits per heavy atom. The van der Waals surface area contributed by atoms with E-state index in [0.29, 0.717) is 36.3 Å². The molecule has 0 amide bonds. The van der Waals surface area contributed by atoms with E-state index in [0.717, 1.165) is 19.3 Å². The van der Waals surface area contributed by atoms with Crippen LogP contribution in [-0.2, 0) is 31.2 Å². The monoisotopic (exact) mass is 640 g/mol. The third-order valence-corrected chi connectivity index (χ3v) is 8.42. The zero-order valence-corrected chi connectivity index (χ0v) is 25.6. The Morgan fingerprint density at radius 3 is 2.14 bits per heavy atom. The van der Waals surface area contributed by atoms with Gasteiger partial charge in [-0.3, -0.25) is 18.5 Å². The molecule has 4 rings (SSSR count). The summed E-state index contributed by atoms with van der Waals surface area (Å²) < 4.78 is 89.1. The van der Waals surface area contributed by atoms with E-state index >= 15 is 0 Å². The highest BCUT2D eigenvalue weighted by molar-refractivity contribution is 7.92. The Bertz CT molecular complexity index is 1800. The van der Waals surface area contributed by atoms with Crippen molar-refractivity contribution in [3.8, 4) is 23.0 Å². The normalized spacial score (nSPS) is 12.1. The lowest BCUT2D eigenvalue weighted by molar-refractivity contribution is -0.153. The lowest BCUT2D eigenvalue weighted by Gasteiger charge is -2.17. The fraction of sp³-hybridized carbons (Fsp3) is 0.429. The standard InChI is InChI=1S/C28H35F3N6O6S/c1-18-26(16-33-37(18)4)44(39,40)34-22-14-23-24(36(3)27(38)35(23)2)15-25(22)43-21-12-19(41-10-8-6-5-7-9-32)11-20(13-21)42-17-28(29,30)31/h11-16,34H,5-10,17,32H2,1-4H3. The van der Waals surface area contributed by atoms with Crippen LogP contribution in [0.3, 0.4) is 0 Å². The number of aromatic nitrogens is 4. The highest BCUT2D eigenvalue weighted by Gasteiger charge is 2.29. The molecule has 0 atom stereocenters. The van der Waals surface area contributed by atoms with Crippen LogP contribution >= 0.6 is 0 Å². The number of alkyl halides is 3. The largest absolute Gasteiger partial charge is 0.493 e. The summed E-state index contributed by atoms with van der Waals surface area (Å²) in [5, 5.41) is 4.00. The number of nitrogens with one attached hydrogen (secondary N) is 1. The lowest BCUT2D eigenvalue weighted by atomic mass is 10.2. The third-order valence-electron chi connectivity index (χ3n) is 6.95. The fourth-order valence-corrected chi connectivity index (χ4v) is 5.75. The van der Waals surface area contributed by atoms with E-state index in [1.165, 1.54) is 57.4 Å². The number of halogens is 3. The number of ether oxygens (including phenoxy) is 3. The van der Waals surface area contributed by atoms with E-state index in [4.69, 9.17) is 19.9 Å². The van der Waals surface area contributed by atoms with E-state index in [1.807, 2.05) is 0 Å². The Kier molecular flexibility index (Phi) is 9.83. The van der Waals surface area contributed by atoms with Gasteiger partial charge in [0.05, 0.1) is 35.2 Å². The number of benzene rings is 2. The highest BCUT2D eigenvalue weighted by atomic mass is 32.2. The van der Waals surface area contributed by atoms with Gasteiger partial charge in [0, 0.05) is 45.4 Å². The molecule has 4 aromatic rings. The van der Waals surface area contributed by atoms with Gasteiger partial charge >= 0.3 is 11.9 Å². The van der Waals surface area contributed by atoms with Crippen LogP contribution in [0.4, 0.5) is 18.9 Å². The molecule has 0 saturated heterocycles. The number of aryl methyl sites for hydroxylation is 3. The van der Waals surface area contributed by atoms with Crippen molar-refractivity contribution in [2.24, 2.45) is 26.9 Å². The van der Waals surface area contributed by atoms with Gasteiger partial charge in [0.25, 0.3) is 10.0 Å². The van der Waals surface area contributed by atoms with Crippen molar-refractivity contribution >= 4 is 26.7 Å². The van der Waals surface area contributed by atoms with Gasteiger partial charge in [-0.05, 0) is 32.4 Å². The number of imidazole rings is 1. The zero-order valence-electron chi connectivity index (χ0n) is 24.8. The van der Waals surface area contributed by atoms with Gasteiger partial charge in [-0.25, -0.2) is 13.2 Å². The molecule has 240 valence electrons. The smallest absolute Gasteiger partial charge is 0.422 e. The average Bonchev–Trinajstić information content (AvgIpc) is 3.40. The average molecular weight is 641 g/mol. The number of hydrogen-bond acceptors (Lipinski definition) is 8. The van der Waals surface area contributed by atoms with Crippen LogP contribution in [0, 0.1) is 6.92 Å². The SMILES string of the molecule is Cc1c(S(=O)(=O)Nc2cc3c(cc2Oc2cc(OCCCCCCN)cc(OCC(F)(F)F)c2)n(C)c(=O)n3C)cnn1C. The van der Waals surface area contributed by atoms with E-state index in [1.54, 1.807) is 21.0 Å². The molecule has 44 heavy (non-hydrogen) atoms. The van der Waals surface area contributed by atoms with Crippen LogP contribution in [-0.4, -0.2) is 53.3 Å². The summed E-state index contributed by atoms with van der Waals surface area (Å²) in [7, 11) is 0.506. The van der Waals surface area contributed by atoms with Crippen molar-refractivity contribution in [3.63, 3.8) is 0 Å². The Balaban J connectivity index is 1.73. The fourth-order valence-electron chi connectivity index (χ4n) is 4.49. The summed E-state index contributed by atoms with van der Waals surface area (Å²) in [6.07, 6.45) is -0.0219. The summed E-state index contributed by atoms with van der Waals surface area (Å²) in [5.41, 5.74) is 6.35. The number of anilines is 1. The van der Waals surface area contributed by atoms with Gasteiger partial charge < -0.3 is 19.9 Å². The summed E-state index contributed by atoms with van der Waals surface area (Å²) in [6.45, 7) is 0.932. The minimum Gasteiger partial charge on any atom is -0.493 e. The Hall–Kier alpha value is -4.18. The summed E-state index contributed by atoms with van der Waals surface area (Å²) in [5.74, 6) is 0.0182. The number of unbranched alkanes of at least 4 members (excludes halogenated alkanes) is 3. The second-order valence-electron chi connectivity index (χ2n) is 10.3. The zero-order chi connectivity index (χ0) is 32.2. The van der Waals surface area contributed by atoms with E-state index in [9.17, 15) is 26.4 Å². The summed E-state index contributed by atoms with van der Waals surface area (Å²) in [4.78, 5) is 12.6. The van der Waals surface area contributed by atoms with Crippen LogP contribution in [0.2, 0.25) is 0 Å². The van der Waals surface area contributed by atoms with Crippen molar-refractivity contribution in [2.75, 3.05) is 24.5 Å². The molecule has 0 unspecified atom stereocenters. The molecule has 0 aliphatic carbocycles. The molecule has 0 aliphatic heterocycles.